The maximum Gasteiger partial charge on any atom is 0.322 e. The molecule has 0 radical (unpaired) electrons. The second-order valence-corrected chi connectivity index (χ2v) is 5.11. The van der Waals surface area contributed by atoms with Crippen LogP contribution in [-0.2, 0) is 9.53 Å². The number of nitrogens with zero attached hydrogens (tertiary/aromatic N) is 2. The standard InChI is InChI=1S/C11H16N4O3/c1-11(5-12-6-11)17-4-8(16)13-10-15-14-9(18-10)7-2-3-7/h7,12H,2-6H2,1H3,(H,13,15,16). The van der Waals surface area contributed by atoms with Crippen LogP contribution in [0.25, 0.3) is 0 Å². The number of carbonyl (C=O) groups is 1. The van der Waals surface area contributed by atoms with Crippen molar-refractivity contribution in [3.05, 3.63) is 5.89 Å². The second kappa shape index (κ2) is 4.33. The predicted molar refractivity (Wildman–Crippen MR) is 62.1 cm³/mol. The molecule has 98 valence electrons. The number of rotatable bonds is 5. The van der Waals surface area contributed by atoms with Crippen molar-refractivity contribution in [1.29, 1.82) is 0 Å². The van der Waals surface area contributed by atoms with E-state index in [1.165, 1.54) is 0 Å². The lowest BCUT2D eigenvalue weighted by atomic mass is 10.0. The fourth-order valence-corrected chi connectivity index (χ4v) is 1.75. The molecule has 2 fully saturated rings. The van der Waals surface area contributed by atoms with E-state index in [0.717, 1.165) is 25.9 Å². The van der Waals surface area contributed by atoms with Gasteiger partial charge in [0.1, 0.15) is 6.61 Å². The van der Waals surface area contributed by atoms with Crippen LogP contribution in [0.5, 0.6) is 0 Å². The topological polar surface area (TPSA) is 89.3 Å². The Hall–Kier alpha value is -1.47. The Kier molecular flexibility index (Phi) is 2.79. The van der Waals surface area contributed by atoms with Crippen molar-refractivity contribution in [3.63, 3.8) is 0 Å². The van der Waals surface area contributed by atoms with Crippen molar-refractivity contribution < 1.29 is 13.9 Å². The SMILES string of the molecule is CC1(OCC(=O)Nc2nnc(C3CC3)o2)CNC1. The zero-order valence-corrected chi connectivity index (χ0v) is 10.2. The quantitative estimate of drug-likeness (QED) is 0.781. The van der Waals surface area contributed by atoms with E-state index in [0.29, 0.717) is 11.8 Å². The third-order valence-electron chi connectivity index (χ3n) is 3.16. The van der Waals surface area contributed by atoms with Gasteiger partial charge in [-0.3, -0.25) is 10.1 Å². The predicted octanol–water partition coefficient (Wildman–Crippen LogP) is 0.264. The summed E-state index contributed by atoms with van der Waals surface area (Å²) in [5.41, 5.74) is -0.231. The Labute approximate surface area is 104 Å². The van der Waals surface area contributed by atoms with E-state index < -0.39 is 0 Å². The number of aromatic nitrogens is 2. The lowest BCUT2D eigenvalue weighted by molar-refractivity contribution is -0.130. The summed E-state index contributed by atoms with van der Waals surface area (Å²) in [6.45, 7) is 3.51. The van der Waals surface area contributed by atoms with Crippen LogP contribution >= 0.6 is 0 Å². The van der Waals surface area contributed by atoms with Gasteiger partial charge in [-0.25, -0.2) is 0 Å². The first-order valence-electron chi connectivity index (χ1n) is 6.13. The van der Waals surface area contributed by atoms with Gasteiger partial charge in [-0.05, 0) is 19.8 Å². The average molecular weight is 252 g/mol. The molecule has 0 atom stereocenters. The smallest absolute Gasteiger partial charge is 0.322 e. The van der Waals surface area contributed by atoms with Crippen LogP contribution in [0, 0.1) is 0 Å². The Balaban J connectivity index is 1.47. The number of amides is 1. The Morgan fingerprint density at radius 1 is 1.56 bits per heavy atom. The zero-order valence-electron chi connectivity index (χ0n) is 10.2. The molecule has 0 unspecified atom stereocenters. The molecule has 7 heteroatoms. The number of hydrogen-bond acceptors (Lipinski definition) is 6. The van der Waals surface area contributed by atoms with Crippen LogP contribution in [0.4, 0.5) is 6.01 Å². The number of hydrogen-bond donors (Lipinski definition) is 2. The number of nitrogens with one attached hydrogen (secondary N) is 2. The summed E-state index contributed by atoms with van der Waals surface area (Å²) in [6.07, 6.45) is 2.17. The van der Waals surface area contributed by atoms with Gasteiger partial charge >= 0.3 is 6.01 Å². The monoisotopic (exact) mass is 252 g/mol. The van der Waals surface area contributed by atoms with Gasteiger partial charge in [0.25, 0.3) is 5.91 Å². The van der Waals surface area contributed by atoms with E-state index in [2.05, 4.69) is 20.8 Å². The van der Waals surface area contributed by atoms with Gasteiger partial charge in [-0.2, -0.15) is 0 Å². The molecule has 1 saturated carbocycles. The first kappa shape index (κ1) is 11.6. The summed E-state index contributed by atoms with van der Waals surface area (Å²) < 4.78 is 10.8. The molecule has 0 bridgehead atoms. The Morgan fingerprint density at radius 2 is 2.33 bits per heavy atom. The molecule has 1 aliphatic carbocycles. The summed E-state index contributed by atoms with van der Waals surface area (Å²) in [6, 6.07) is 0.155. The largest absolute Gasteiger partial charge is 0.408 e. The molecule has 2 heterocycles. The lowest BCUT2D eigenvalue weighted by Gasteiger charge is -2.38. The molecule has 2 aliphatic rings. The minimum absolute atomic E-state index is 0.000673. The third kappa shape index (κ3) is 2.51. The van der Waals surface area contributed by atoms with Gasteiger partial charge in [-0.15, -0.1) is 5.10 Å². The Bertz CT molecular complexity index is 451. The molecule has 0 aromatic carbocycles. The van der Waals surface area contributed by atoms with E-state index in [1.807, 2.05) is 6.92 Å². The average Bonchev–Trinajstić information content (AvgIpc) is 3.06. The summed E-state index contributed by atoms with van der Waals surface area (Å²) in [5.74, 6) is 0.731. The van der Waals surface area contributed by atoms with Gasteiger partial charge in [0, 0.05) is 19.0 Å². The minimum Gasteiger partial charge on any atom is -0.408 e. The van der Waals surface area contributed by atoms with Gasteiger partial charge in [0.2, 0.25) is 5.89 Å². The highest BCUT2D eigenvalue weighted by atomic mass is 16.5. The molecule has 3 rings (SSSR count). The molecule has 2 N–H and O–H groups in total. The van der Waals surface area contributed by atoms with E-state index in [-0.39, 0.29) is 24.1 Å². The Morgan fingerprint density at radius 3 is 2.94 bits per heavy atom. The highest BCUT2D eigenvalue weighted by molar-refractivity contribution is 5.89. The number of ether oxygens (including phenoxy) is 1. The summed E-state index contributed by atoms with van der Waals surface area (Å²) in [4.78, 5) is 11.6. The maximum atomic E-state index is 11.6. The summed E-state index contributed by atoms with van der Waals surface area (Å²) in [7, 11) is 0. The first-order chi connectivity index (χ1) is 8.65. The molecule has 7 nitrogen and oxygen atoms in total. The molecule has 1 amide bonds. The summed E-state index contributed by atoms with van der Waals surface area (Å²) >= 11 is 0. The molecule has 0 spiro atoms. The number of carbonyl (C=O) groups excluding carboxylic acids is 1. The van der Waals surface area contributed by atoms with Gasteiger partial charge < -0.3 is 14.5 Å². The van der Waals surface area contributed by atoms with Crippen molar-refractivity contribution in [2.75, 3.05) is 25.0 Å². The van der Waals surface area contributed by atoms with Crippen molar-refractivity contribution in [1.82, 2.24) is 15.5 Å². The van der Waals surface area contributed by atoms with Gasteiger partial charge in [0.05, 0.1) is 5.60 Å². The van der Waals surface area contributed by atoms with E-state index >= 15 is 0 Å². The van der Waals surface area contributed by atoms with Crippen LogP contribution in [0.2, 0.25) is 0 Å². The van der Waals surface area contributed by atoms with Gasteiger partial charge in [0.15, 0.2) is 0 Å². The fraction of sp³-hybridized carbons (Fsp3) is 0.727. The normalized spacial score (nSPS) is 21.4. The molecule has 1 saturated heterocycles. The number of anilines is 1. The fourth-order valence-electron chi connectivity index (χ4n) is 1.75. The van der Waals surface area contributed by atoms with Crippen LogP contribution in [0.15, 0.2) is 4.42 Å². The highest BCUT2D eigenvalue weighted by Crippen LogP contribution is 2.39. The van der Waals surface area contributed by atoms with Crippen LogP contribution < -0.4 is 10.6 Å². The molecular weight excluding hydrogens is 236 g/mol. The zero-order chi connectivity index (χ0) is 12.6. The summed E-state index contributed by atoms with van der Waals surface area (Å²) in [5, 5.41) is 13.3. The van der Waals surface area contributed by atoms with Crippen LogP contribution in [-0.4, -0.2) is 41.4 Å². The highest BCUT2D eigenvalue weighted by Gasteiger charge is 2.33. The van der Waals surface area contributed by atoms with E-state index in [1.54, 1.807) is 0 Å². The van der Waals surface area contributed by atoms with E-state index in [9.17, 15) is 4.79 Å². The van der Waals surface area contributed by atoms with Crippen molar-refractivity contribution >= 4 is 11.9 Å². The molecule has 1 aromatic heterocycles. The minimum atomic E-state index is -0.269. The van der Waals surface area contributed by atoms with Crippen molar-refractivity contribution in [2.24, 2.45) is 0 Å². The molecular formula is C11H16N4O3. The second-order valence-electron chi connectivity index (χ2n) is 5.11. The molecule has 1 aromatic rings. The van der Waals surface area contributed by atoms with Gasteiger partial charge in [-0.1, -0.05) is 5.10 Å². The first-order valence-corrected chi connectivity index (χ1v) is 6.13. The van der Waals surface area contributed by atoms with Crippen LogP contribution in [0.1, 0.15) is 31.6 Å². The molecule has 18 heavy (non-hydrogen) atoms. The third-order valence-corrected chi connectivity index (χ3v) is 3.16. The van der Waals surface area contributed by atoms with Crippen molar-refractivity contribution in [2.45, 2.75) is 31.3 Å². The van der Waals surface area contributed by atoms with E-state index in [4.69, 9.17) is 9.15 Å². The van der Waals surface area contributed by atoms with Crippen molar-refractivity contribution in [3.8, 4) is 0 Å². The maximum absolute atomic E-state index is 11.6. The van der Waals surface area contributed by atoms with Crippen LogP contribution in [0.3, 0.4) is 0 Å². The molecule has 1 aliphatic heterocycles. The lowest BCUT2D eigenvalue weighted by Crippen LogP contribution is -2.59.